The minimum Gasteiger partial charge on any atom is -0.327 e. The molecule has 0 atom stereocenters. The fraction of sp³-hybridized carbons (Fsp3) is 0.611. The van der Waals surface area contributed by atoms with Gasteiger partial charge in [-0.15, -0.1) is 0 Å². The Morgan fingerprint density at radius 2 is 1.73 bits per heavy atom. The molecule has 1 aromatic rings. The molecule has 0 aromatic heterocycles. The smallest absolute Gasteiger partial charge is 0.279 e. The highest BCUT2D eigenvalue weighted by atomic mass is 35.5. The lowest BCUT2D eigenvalue weighted by Gasteiger charge is -2.26. The Hall–Kier alpha value is -1.15. The molecule has 1 aromatic carbocycles. The summed E-state index contributed by atoms with van der Waals surface area (Å²) in [6.45, 7) is 3.49. The van der Waals surface area contributed by atoms with E-state index in [4.69, 9.17) is 11.6 Å². The van der Waals surface area contributed by atoms with Gasteiger partial charge in [0.15, 0.2) is 6.54 Å². The average Bonchev–Trinajstić information content (AvgIpc) is 2.65. The highest BCUT2D eigenvalue weighted by Gasteiger charge is 2.27. The number of anilines is 1. The van der Waals surface area contributed by atoms with Crippen LogP contribution in [0.3, 0.4) is 0 Å². The fourth-order valence-electron chi connectivity index (χ4n) is 3.66. The molecule has 26 heavy (non-hydrogen) atoms. The summed E-state index contributed by atoms with van der Waals surface area (Å²) in [7, 11) is -3.55. The van der Waals surface area contributed by atoms with E-state index in [0.717, 1.165) is 45.2 Å². The summed E-state index contributed by atoms with van der Waals surface area (Å²) in [4.78, 5) is 13.8. The number of carbonyl (C=O) groups is 1. The van der Waals surface area contributed by atoms with Crippen LogP contribution in [0.2, 0.25) is 5.02 Å². The molecule has 0 radical (unpaired) electrons. The molecule has 2 aliphatic rings. The monoisotopic (exact) mass is 400 g/mol. The number of benzene rings is 1. The van der Waals surface area contributed by atoms with Crippen molar-refractivity contribution in [2.75, 3.05) is 38.0 Å². The van der Waals surface area contributed by atoms with E-state index in [1.54, 1.807) is 6.07 Å². The predicted molar refractivity (Wildman–Crippen MR) is 102 cm³/mol. The molecule has 2 aliphatic heterocycles. The molecule has 0 aliphatic carbocycles. The van der Waals surface area contributed by atoms with Gasteiger partial charge in [-0.1, -0.05) is 18.0 Å². The summed E-state index contributed by atoms with van der Waals surface area (Å²) in [6, 6.07) is 4.54. The second-order valence-corrected chi connectivity index (χ2v) is 9.49. The van der Waals surface area contributed by atoms with Crippen LogP contribution in [0.4, 0.5) is 5.69 Å². The van der Waals surface area contributed by atoms with Gasteiger partial charge >= 0.3 is 0 Å². The van der Waals surface area contributed by atoms with Crippen LogP contribution in [-0.4, -0.2) is 51.4 Å². The Morgan fingerprint density at radius 3 is 2.42 bits per heavy atom. The summed E-state index contributed by atoms with van der Waals surface area (Å²) >= 11 is 6.19. The maximum atomic E-state index is 12.8. The zero-order valence-corrected chi connectivity index (χ0v) is 16.5. The lowest BCUT2D eigenvalue weighted by atomic mass is 10.1. The van der Waals surface area contributed by atoms with Crippen molar-refractivity contribution in [3.63, 3.8) is 0 Å². The van der Waals surface area contributed by atoms with Gasteiger partial charge in [0.2, 0.25) is 10.0 Å². The van der Waals surface area contributed by atoms with Crippen molar-refractivity contribution in [2.45, 2.75) is 43.4 Å². The molecule has 0 unspecified atom stereocenters. The van der Waals surface area contributed by atoms with Gasteiger partial charge in [0.05, 0.1) is 28.7 Å². The van der Waals surface area contributed by atoms with Gasteiger partial charge in [-0.3, -0.25) is 4.79 Å². The number of amides is 1. The minimum atomic E-state index is -3.55. The molecule has 2 N–H and O–H groups in total. The summed E-state index contributed by atoms with van der Waals surface area (Å²) in [5, 5.41) is 3.15. The number of halogens is 1. The van der Waals surface area contributed by atoms with E-state index in [9.17, 15) is 13.2 Å². The van der Waals surface area contributed by atoms with E-state index >= 15 is 0 Å². The number of rotatable bonds is 5. The Labute approximate surface area is 160 Å². The summed E-state index contributed by atoms with van der Waals surface area (Å²) < 4.78 is 27.2. The van der Waals surface area contributed by atoms with E-state index in [1.165, 1.54) is 27.8 Å². The van der Waals surface area contributed by atoms with Crippen LogP contribution in [0.15, 0.2) is 23.1 Å². The van der Waals surface area contributed by atoms with Crippen molar-refractivity contribution in [1.29, 1.82) is 0 Å². The highest BCUT2D eigenvalue weighted by molar-refractivity contribution is 7.89. The zero-order valence-electron chi connectivity index (χ0n) is 15.0. The molecule has 0 spiro atoms. The molecule has 8 heteroatoms. The normalized spacial score (nSPS) is 20.0. The van der Waals surface area contributed by atoms with Gasteiger partial charge in [0.1, 0.15) is 0 Å². The first-order valence-electron chi connectivity index (χ1n) is 9.40. The molecule has 3 rings (SSSR count). The Morgan fingerprint density at radius 1 is 1.08 bits per heavy atom. The number of hydrogen-bond acceptors (Lipinski definition) is 3. The molecule has 1 amide bonds. The van der Waals surface area contributed by atoms with Crippen LogP contribution < -0.4 is 10.2 Å². The molecule has 0 saturated carbocycles. The van der Waals surface area contributed by atoms with Crippen molar-refractivity contribution < 1.29 is 18.1 Å². The number of quaternary nitrogens is 1. The van der Waals surface area contributed by atoms with Crippen molar-refractivity contribution in [2.24, 2.45) is 0 Å². The van der Waals surface area contributed by atoms with E-state index in [0.29, 0.717) is 30.3 Å². The van der Waals surface area contributed by atoms with Crippen LogP contribution in [0, 0.1) is 0 Å². The third-order valence-electron chi connectivity index (χ3n) is 5.14. The number of carbonyl (C=O) groups excluding carboxylic acids is 1. The van der Waals surface area contributed by atoms with Crippen molar-refractivity contribution in [1.82, 2.24) is 4.31 Å². The van der Waals surface area contributed by atoms with Crippen LogP contribution in [0.5, 0.6) is 0 Å². The van der Waals surface area contributed by atoms with Gasteiger partial charge < -0.3 is 10.2 Å². The molecule has 2 heterocycles. The Bertz CT molecular complexity index is 742. The van der Waals surface area contributed by atoms with Crippen LogP contribution >= 0.6 is 11.6 Å². The third kappa shape index (κ3) is 4.76. The number of piperidine rings is 2. The first-order chi connectivity index (χ1) is 12.5. The lowest BCUT2D eigenvalue weighted by molar-refractivity contribution is -0.896. The molecular formula is C18H27ClN3O3S+. The molecule has 2 fully saturated rings. The number of nitrogens with zero attached hydrogens (tertiary/aromatic N) is 1. The minimum absolute atomic E-state index is 0.128. The van der Waals surface area contributed by atoms with E-state index in [-0.39, 0.29) is 10.8 Å². The Kier molecular flexibility index (Phi) is 6.55. The second kappa shape index (κ2) is 8.69. The van der Waals surface area contributed by atoms with Crippen molar-refractivity contribution in [3.05, 3.63) is 23.2 Å². The number of likely N-dealkylation sites (tertiary alicyclic amines) is 1. The van der Waals surface area contributed by atoms with Gasteiger partial charge in [0.25, 0.3) is 5.91 Å². The second-order valence-electron chi connectivity index (χ2n) is 7.14. The van der Waals surface area contributed by atoms with Crippen LogP contribution in [-0.2, 0) is 14.8 Å². The molecular weight excluding hydrogens is 374 g/mol. The van der Waals surface area contributed by atoms with Gasteiger partial charge in [0, 0.05) is 13.1 Å². The van der Waals surface area contributed by atoms with Crippen molar-refractivity contribution in [3.8, 4) is 0 Å². The van der Waals surface area contributed by atoms with Gasteiger partial charge in [-0.05, 0) is 50.3 Å². The van der Waals surface area contributed by atoms with E-state index < -0.39 is 10.0 Å². The predicted octanol–water partition coefficient (Wildman–Crippen LogP) is 1.52. The first kappa shape index (κ1) is 19.6. The quantitative estimate of drug-likeness (QED) is 0.787. The largest absolute Gasteiger partial charge is 0.327 e. The number of hydrogen-bond donors (Lipinski definition) is 2. The maximum absolute atomic E-state index is 12.8. The van der Waals surface area contributed by atoms with Crippen molar-refractivity contribution >= 4 is 33.2 Å². The molecule has 2 saturated heterocycles. The van der Waals surface area contributed by atoms with E-state index in [2.05, 4.69) is 5.32 Å². The number of nitrogens with one attached hydrogen (secondary N) is 2. The standard InChI is InChI=1S/C18H26ClN3O3S/c19-16-8-7-15(26(24,25)22-11-5-2-6-12-22)13-17(16)20-18(23)14-21-9-3-1-4-10-21/h7-8,13H,1-6,9-12,14H2,(H,20,23)/p+1. The molecule has 0 bridgehead atoms. The average molecular weight is 401 g/mol. The summed E-state index contributed by atoms with van der Waals surface area (Å²) in [5.41, 5.74) is 0.367. The fourth-order valence-corrected chi connectivity index (χ4v) is 5.37. The first-order valence-corrected chi connectivity index (χ1v) is 11.2. The summed E-state index contributed by atoms with van der Waals surface area (Å²) in [6.07, 6.45) is 6.35. The molecule has 144 valence electrons. The van der Waals surface area contributed by atoms with E-state index in [1.807, 2.05) is 0 Å². The van der Waals surface area contributed by atoms with Crippen LogP contribution in [0.1, 0.15) is 38.5 Å². The summed E-state index contributed by atoms with van der Waals surface area (Å²) in [5.74, 6) is -0.128. The number of sulfonamides is 1. The lowest BCUT2D eigenvalue weighted by Crippen LogP contribution is -3.13. The van der Waals surface area contributed by atoms with Crippen LogP contribution in [0.25, 0.3) is 0 Å². The van der Waals surface area contributed by atoms with Gasteiger partial charge in [-0.25, -0.2) is 8.42 Å². The van der Waals surface area contributed by atoms with Gasteiger partial charge in [-0.2, -0.15) is 4.31 Å². The maximum Gasteiger partial charge on any atom is 0.279 e. The zero-order chi connectivity index (χ0) is 18.6. The Balaban J connectivity index is 1.71. The highest BCUT2D eigenvalue weighted by Crippen LogP contribution is 2.28. The third-order valence-corrected chi connectivity index (χ3v) is 7.36. The molecule has 6 nitrogen and oxygen atoms in total. The topological polar surface area (TPSA) is 70.9 Å². The SMILES string of the molecule is O=C(C[NH+]1CCCCC1)Nc1cc(S(=O)(=O)N2CCCCC2)ccc1Cl.